The van der Waals surface area contributed by atoms with E-state index in [0.717, 1.165) is 22.3 Å². The number of anilines is 1. The lowest BCUT2D eigenvalue weighted by atomic mass is 10.3. The minimum atomic E-state index is 0.0614. The summed E-state index contributed by atoms with van der Waals surface area (Å²) in [6.07, 6.45) is 1.08. The predicted octanol–water partition coefficient (Wildman–Crippen LogP) is 0.834. The Labute approximate surface area is 106 Å². The third-order valence-electron chi connectivity index (χ3n) is 2.04. The van der Waals surface area contributed by atoms with E-state index in [2.05, 4.69) is 15.5 Å². The number of carbonyl (C=O) groups is 1. The van der Waals surface area contributed by atoms with E-state index in [0.29, 0.717) is 16.9 Å². The van der Waals surface area contributed by atoms with Crippen LogP contribution in [0.2, 0.25) is 0 Å². The van der Waals surface area contributed by atoms with Crippen LogP contribution in [0, 0.1) is 0 Å². The number of amides is 1. The number of hydrogen-bond donors (Lipinski definition) is 2. The van der Waals surface area contributed by atoms with Gasteiger partial charge in [0.2, 0.25) is 11.0 Å². The molecule has 1 aromatic rings. The van der Waals surface area contributed by atoms with E-state index in [9.17, 15) is 4.79 Å². The summed E-state index contributed by atoms with van der Waals surface area (Å²) in [6.45, 7) is 0. The van der Waals surface area contributed by atoms with Crippen molar-refractivity contribution in [2.45, 2.75) is 16.8 Å². The second-order valence-electron chi connectivity index (χ2n) is 3.32. The Hall–Kier alpha value is -0.470. The molecule has 2 heterocycles. The van der Waals surface area contributed by atoms with Crippen molar-refractivity contribution in [3.05, 3.63) is 0 Å². The van der Waals surface area contributed by atoms with Crippen LogP contribution in [-0.2, 0) is 4.79 Å². The molecule has 1 atom stereocenters. The van der Waals surface area contributed by atoms with E-state index in [1.54, 1.807) is 0 Å². The summed E-state index contributed by atoms with van der Waals surface area (Å²) < 4.78 is 0.744. The average molecular weight is 276 g/mol. The third kappa shape index (κ3) is 3.53. The van der Waals surface area contributed by atoms with Crippen molar-refractivity contribution >= 4 is 45.9 Å². The molecule has 1 aromatic heterocycles. The van der Waals surface area contributed by atoms with Gasteiger partial charge in [-0.25, -0.2) is 0 Å². The fourth-order valence-corrected chi connectivity index (χ4v) is 3.92. The molecular formula is C8H12N4OS3. The standard InChI is InChI=1S/C8H12N4OS3/c9-7-11-12-8(16-7)15-4-6(13)10-5-1-2-14-3-5/h5H,1-4H2,(H2,9,11)(H,10,13)/t5-/m1/s1. The zero-order valence-electron chi connectivity index (χ0n) is 8.51. The number of aromatic nitrogens is 2. The topological polar surface area (TPSA) is 80.9 Å². The summed E-state index contributed by atoms with van der Waals surface area (Å²) in [5.41, 5.74) is 5.45. The maximum absolute atomic E-state index is 11.6. The lowest BCUT2D eigenvalue weighted by molar-refractivity contribution is -0.119. The van der Waals surface area contributed by atoms with Crippen molar-refractivity contribution < 1.29 is 4.79 Å². The molecular weight excluding hydrogens is 264 g/mol. The number of hydrogen-bond acceptors (Lipinski definition) is 7. The van der Waals surface area contributed by atoms with E-state index in [-0.39, 0.29) is 5.91 Å². The highest BCUT2D eigenvalue weighted by molar-refractivity contribution is 8.01. The van der Waals surface area contributed by atoms with Gasteiger partial charge in [0, 0.05) is 11.8 Å². The second-order valence-corrected chi connectivity index (χ2v) is 6.70. The summed E-state index contributed by atoms with van der Waals surface area (Å²) >= 11 is 4.57. The Kier molecular flexibility index (Phi) is 4.30. The van der Waals surface area contributed by atoms with Crippen molar-refractivity contribution in [2.24, 2.45) is 0 Å². The van der Waals surface area contributed by atoms with Gasteiger partial charge in [0.05, 0.1) is 5.75 Å². The molecule has 0 bridgehead atoms. The maximum atomic E-state index is 11.6. The van der Waals surface area contributed by atoms with Gasteiger partial charge in [0.15, 0.2) is 4.34 Å². The molecule has 1 saturated heterocycles. The van der Waals surface area contributed by atoms with Crippen LogP contribution in [0.1, 0.15) is 6.42 Å². The molecule has 1 aliphatic heterocycles. The van der Waals surface area contributed by atoms with Gasteiger partial charge in [-0.1, -0.05) is 23.1 Å². The molecule has 0 aromatic carbocycles. The number of thioether (sulfide) groups is 2. The average Bonchev–Trinajstić information content (AvgIpc) is 2.87. The monoisotopic (exact) mass is 276 g/mol. The van der Waals surface area contributed by atoms with Gasteiger partial charge in [0.25, 0.3) is 0 Å². The molecule has 2 rings (SSSR count). The van der Waals surface area contributed by atoms with Crippen LogP contribution >= 0.6 is 34.9 Å². The number of rotatable bonds is 4. The SMILES string of the molecule is Nc1nnc(SCC(=O)N[C@@H]2CCSC2)s1. The number of nitrogen functional groups attached to an aromatic ring is 1. The molecule has 1 aliphatic rings. The highest BCUT2D eigenvalue weighted by Crippen LogP contribution is 2.23. The molecule has 0 aliphatic carbocycles. The largest absolute Gasteiger partial charge is 0.374 e. The zero-order valence-corrected chi connectivity index (χ0v) is 11.0. The molecule has 0 radical (unpaired) electrons. The molecule has 5 nitrogen and oxygen atoms in total. The van der Waals surface area contributed by atoms with Gasteiger partial charge in [-0.2, -0.15) is 11.8 Å². The lowest BCUT2D eigenvalue weighted by Gasteiger charge is -2.09. The van der Waals surface area contributed by atoms with E-state index in [4.69, 9.17) is 5.73 Å². The first-order valence-electron chi connectivity index (χ1n) is 4.83. The number of nitrogens with zero attached hydrogens (tertiary/aromatic N) is 2. The first kappa shape index (κ1) is 12.0. The number of carbonyl (C=O) groups excluding carboxylic acids is 1. The van der Waals surface area contributed by atoms with Crippen molar-refractivity contribution in [3.8, 4) is 0 Å². The van der Waals surface area contributed by atoms with Crippen LogP contribution in [0.25, 0.3) is 0 Å². The minimum absolute atomic E-state index is 0.0614. The molecule has 0 spiro atoms. The summed E-state index contributed by atoms with van der Waals surface area (Å²) in [6, 6.07) is 0.345. The lowest BCUT2D eigenvalue weighted by Crippen LogP contribution is -2.35. The van der Waals surface area contributed by atoms with Crippen molar-refractivity contribution in [2.75, 3.05) is 23.0 Å². The van der Waals surface area contributed by atoms with Gasteiger partial charge < -0.3 is 11.1 Å². The molecule has 3 N–H and O–H groups in total. The molecule has 16 heavy (non-hydrogen) atoms. The molecule has 0 saturated carbocycles. The molecule has 0 unspecified atom stereocenters. The van der Waals surface area contributed by atoms with Crippen LogP contribution in [0.3, 0.4) is 0 Å². The van der Waals surface area contributed by atoms with Crippen LogP contribution in [-0.4, -0.2) is 39.4 Å². The normalized spacial score (nSPS) is 19.9. The zero-order chi connectivity index (χ0) is 11.4. The first-order chi connectivity index (χ1) is 7.74. The van der Waals surface area contributed by atoms with Gasteiger partial charge >= 0.3 is 0 Å². The number of nitrogens with one attached hydrogen (secondary N) is 1. The van der Waals surface area contributed by atoms with Crippen LogP contribution in [0.4, 0.5) is 5.13 Å². The van der Waals surface area contributed by atoms with Gasteiger partial charge in [-0.3, -0.25) is 4.79 Å². The quantitative estimate of drug-likeness (QED) is 0.793. The van der Waals surface area contributed by atoms with Crippen molar-refractivity contribution in [1.29, 1.82) is 0 Å². The first-order valence-corrected chi connectivity index (χ1v) is 7.78. The van der Waals surface area contributed by atoms with E-state index < -0.39 is 0 Å². The van der Waals surface area contributed by atoms with Crippen molar-refractivity contribution in [3.63, 3.8) is 0 Å². The molecule has 88 valence electrons. The Balaban J connectivity index is 1.71. The summed E-state index contributed by atoms with van der Waals surface area (Å²) in [5.74, 6) is 2.62. The van der Waals surface area contributed by atoms with E-state index in [1.807, 2.05) is 11.8 Å². The van der Waals surface area contributed by atoms with Crippen molar-refractivity contribution in [1.82, 2.24) is 15.5 Å². The highest BCUT2D eigenvalue weighted by Gasteiger charge is 2.17. The van der Waals surface area contributed by atoms with Crippen LogP contribution in [0.5, 0.6) is 0 Å². The van der Waals surface area contributed by atoms with E-state index >= 15 is 0 Å². The maximum Gasteiger partial charge on any atom is 0.230 e. The smallest absolute Gasteiger partial charge is 0.230 e. The molecule has 1 amide bonds. The Morgan fingerprint density at radius 2 is 2.50 bits per heavy atom. The fourth-order valence-electron chi connectivity index (χ4n) is 1.32. The molecule has 8 heteroatoms. The van der Waals surface area contributed by atoms with E-state index in [1.165, 1.54) is 23.1 Å². The molecule has 1 fully saturated rings. The van der Waals surface area contributed by atoms with Gasteiger partial charge in [-0.15, -0.1) is 10.2 Å². The van der Waals surface area contributed by atoms with Crippen LogP contribution in [0.15, 0.2) is 4.34 Å². The number of nitrogens with two attached hydrogens (primary N) is 1. The highest BCUT2D eigenvalue weighted by atomic mass is 32.2. The Morgan fingerprint density at radius 3 is 3.12 bits per heavy atom. The summed E-state index contributed by atoms with van der Waals surface area (Å²) in [7, 11) is 0. The second kappa shape index (κ2) is 5.74. The Bertz CT molecular complexity index is 364. The van der Waals surface area contributed by atoms with Gasteiger partial charge in [-0.05, 0) is 12.2 Å². The fraction of sp³-hybridized carbons (Fsp3) is 0.625. The third-order valence-corrected chi connectivity index (χ3v) is 5.09. The van der Waals surface area contributed by atoms with Gasteiger partial charge in [0.1, 0.15) is 0 Å². The predicted molar refractivity (Wildman–Crippen MR) is 68.9 cm³/mol. The van der Waals surface area contributed by atoms with Crippen LogP contribution < -0.4 is 11.1 Å². The summed E-state index contributed by atoms with van der Waals surface area (Å²) in [4.78, 5) is 11.6. The Morgan fingerprint density at radius 1 is 1.62 bits per heavy atom. The minimum Gasteiger partial charge on any atom is -0.374 e. The summed E-state index contributed by atoms with van der Waals surface area (Å²) in [5, 5.41) is 11.0.